The predicted octanol–water partition coefficient (Wildman–Crippen LogP) is 14.1. The molecule has 8 nitrogen and oxygen atoms in total. The van der Waals surface area contributed by atoms with Crippen molar-refractivity contribution in [3.8, 4) is 0 Å². The number of unbranched alkanes of at least 4 members (excludes halogenated alkanes) is 20. The second-order valence-electron chi connectivity index (χ2n) is 17.7. The van der Waals surface area contributed by atoms with Crippen LogP contribution in [0.15, 0.2) is 60.8 Å². The van der Waals surface area contributed by atoms with Crippen LogP contribution in [0.2, 0.25) is 0 Å². The van der Waals surface area contributed by atoms with E-state index in [1.807, 2.05) is 21.1 Å². The fourth-order valence-electron chi connectivity index (χ4n) is 7.05. The molecule has 0 amide bonds. The van der Waals surface area contributed by atoms with Gasteiger partial charge in [0.05, 0.1) is 34.4 Å². The van der Waals surface area contributed by atoms with Gasteiger partial charge in [-0.15, -0.1) is 0 Å². The van der Waals surface area contributed by atoms with E-state index in [0.29, 0.717) is 19.3 Å². The highest BCUT2D eigenvalue weighted by Crippen LogP contribution is 2.15. The maximum absolute atomic E-state index is 12.8. The Morgan fingerprint density at radius 1 is 0.492 bits per heavy atom. The van der Waals surface area contributed by atoms with E-state index >= 15 is 0 Å². The summed E-state index contributed by atoms with van der Waals surface area (Å²) in [6, 6.07) is -0.624. The number of aliphatic carboxylic acids is 1. The summed E-state index contributed by atoms with van der Waals surface area (Å²) in [6.45, 7) is 4.68. The lowest BCUT2D eigenvalue weighted by atomic mass is 10.0. The van der Waals surface area contributed by atoms with Crippen LogP contribution in [-0.2, 0) is 28.6 Å². The molecular weight excluding hydrogens is 763 g/mol. The van der Waals surface area contributed by atoms with Crippen LogP contribution >= 0.6 is 0 Å². The van der Waals surface area contributed by atoms with Crippen LogP contribution < -0.4 is 0 Å². The highest BCUT2D eigenvalue weighted by Gasteiger charge is 2.31. The van der Waals surface area contributed by atoms with Gasteiger partial charge in [-0.1, -0.05) is 184 Å². The monoisotopic (exact) mass is 857 g/mol. The molecule has 0 spiro atoms. The van der Waals surface area contributed by atoms with Gasteiger partial charge in [0.2, 0.25) is 0 Å². The number of hydrogen-bond acceptors (Lipinski definition) is 6. The summed E-state index contributed by atoms with van der Waals surface area (Å²) in [4.78, 5) is 37.1. The van der Waals surface area contributed by atoms with Crippen LogP contribution in [-0.4, -0.2) is 80.6 Å². The molecule has 1 N–H and O–H groups in total. The van der Waals surface area contributed by atoms with E-state index in [1.165, 1.54) is 109 Å². The van der Waals surface area contributed by atoms with Crippen molar-refractivity contribution in [1.82, 2.24) is 0 Å². The van der Waals surface area contributed by atoms with Gasteiger partial charge in [0.25, 0.3) is 0 Å². The number of esters is 2. The minimum Gasteiger partial charge on any atom is -0.477 e. The lowest BCUT2D eigenvalue weighted by Crippen LogP contribution is -2.50. The molecule has 0 aromatic carbocycles. The zero-order chi connectivity index (χ0) is 44.9. The smallest absolute Gasteiger partial charge is 0.362 e. The largest absolute Gasteiger partial charge is 0.477 e. The molecule has 0 heterocycles. The molecule has 0 rings (SSSR count). The number of carboxylic acids is 1. The van der Waals surface area contributed by atoms with E-state index in [2.05, 4.69) is 74.6 Å². The summed E-state index contributed by atoms with van der Waals surface area (Å²) in [7, 11) is 5.52. The molecule has 0 saturated heterocycles. The first-order chi connectivity index (χ1) is 29.6. The lowest BCUT2D eigenvalue weighted by molar-refractivity contribution is -0.887. The van der Waals surface area contributed by atoms with E-state index in [9.17, 15) is 19.5 Å². The molecular formula is C53H94NO7+. The topological polar surface area (TPSA) is 99.1 Å². The van der Waals surface area contributed by atoms with Crippen LogP contribution in [0, 0.1) is 0 Å². The summed E-state index contributed by atoms with van der Waals surface area (Å²) in [5.74, 6) is -1.52. The zero-order valence-corrected chi connectivity index (χ0v) is 40.1. The first-order valence-electron chi connectivity index (χ1n) is 24.8. The summed E-state index contributed by atoms with van der Waals surface area (Å²) in [6.07, 6.45) is 54.1. The van der Waals surface area contributed by atoms with Crippen LogP contribution in [0.4, 0.5) is 0 Å². The Morgan fingerprint density at radius 3 is 1.31 bits per heavy atom. The van der Waals surface area contributed by atoms with E-state index < -0.39 is 18.1 Å². The van der Waals surface area contributed by atoms with E-state index in [4.69, 9.17) is 14.2 Å². The molecule has 0 bridgehead atoms. The van der Waals surface area contributed by atoms with E-state index in [-0.39, 0.29) is 42.7 Å². The Balaban J connectivity index is 4.37. The highest BCUT2D eigenvalue weighted by atomic mass is 16.6. The summed E-state index contributed by atoms with van der Waals surface area (Å²) < 4.78 is 17.3. The number of carboxylic acid groups (broad SMARTS) is 1. The third-order valence-corrected chi connectivity index (χ3v) is 10.9. The molecule has 0 fully saturated rings. The van der Waals surface area contributed by atoms with E-state index in [1.54, 1.807) is 0 Å². The number of ether oxygens (including phenoxy) is 3. The zero-order valence-electron chi connectivity index (χ0n) is 40.1. The number of likely N-dealkylation sites (N-methyl/N-ethyl adjacent to an activating group) is 1. The summed E-state index contributed by atoms with van der Waals surface area (Å²) >= 11 is 0. The third-order valence-electron chi connectivity index (χ3n) is 10.9. The predicted molar refractivity (Wildman–Crippen MR) is 257 cm³/mol. The Kier molecular flexibility index (Phi) is 41.5. The fraction of sp³-hybridized carbons (Fsp3) is 0.755. The number of allylic oxidation sites excluding steroid dienone is 10. The SMILES string of the molecule is CCCCC/C=C/C/C=C/C/C=C/C/C=C/C/C=C/CCCCC(=O)OC(COCCC(C(=O)O)[N+](C)(C)C)COC(=O)CCCCCCCCCCCCCCCCCC. The maximum atomic E-state index is 12.8. The van der Waals surface area contributed by atoms with Gasteiger partial charge in [-0.25, -0.2) is 4.79 Å². The number of carbonyl (C=O) groups is 3. The summed E-state index contributed by atoms with van der Waals surface area (Å²) in [5, 5.41) is 9.64. The van der Waals surface area contributed by atoms with Crippen molar-refractivity contribution in [2.45, 2.75) is 219 Å². The highest BCUT2D eigenvalue weighted by molar-refractivity contribution is 5.72. The molecule has 0 radical (unpaired) electrons. The number of hydrogen-bond donors (Lipinski definition) is 1. The number of rotatable bonds is 44. The van der Waals surface area contributed by atoms with Gasteiger partial charge in [-0.05, 0) is 64.2 Å². The molecule has 61 heavy (non-hydrogen) atoms. The van der Waals surface area contributed by atoms with Crippen molar-refractivity contribution < 1.29 is 38.2 Å². The van der Waals surface area contributed by atoms with Crippen molar-refractivity contribution in [3.05, 3.63) is 60.8 Å². The van der Waals surface area contributed by atoms with Crippen LogP contribution in [0.25, 0.3) is 0 Å². The molecule has 0 aromatic rings. The van der Waals surface area contributed by atoms with Gasteiger partial charge in [0.15, 0.2) is 12.1 Å². The van der Waals surface area contributed by atoms with Gasteiger partial charge in [-0.2, -0.15) is 0 Å². The van der Waals surface area contributed by atoms with Gasteiger partial charge in [-0.3, -0.25) is 9.59 Å². The Labute approximate surface area is 375 Å². The molecule has 0 aliphatic heterocycles. The van der Waals surface area contributed by atoms with Crippen LogP contribution in [0.1, 0.15) is 206 Å². The second-order valence-corrected chi connectivity index (χ2v) is 17.7. The molecule has 0 aliphatic carbocycles. The summed E-state index contributed by atoms with van der Waals surface area (Å²) in [5.41, 5.74) is 0. The normalized spacial score (nSPS) is 13.4. The second kappa shape index (κ2) is 43.7. The van der Waals surface area contributed by atoms with Crippen molar-refractivity contribution in [2.75, 3.05) is 41.0 Å². The Hall–Kier alpha value is -2.97. The first-order valence-corrected chi connectivity index (χ1v) is 24.8. The first kappa shape index (κ1) is 58.0. The average Bonchev–Trinajstić information content (AvgIpc) is 3.22. The maximum Gasteiger partial charge on any atom is 0.362 e. The molecule has 2 atom stereocenters. The van der Waals surface area contributed by atoms with E-state index in [0.717, 1.165) is 57.8 Å². The molecule has 0 saturated carbocycles. The third kappa shape index (κ3) is 42.1. The van der Waals surface area contributed by atoms with Crippen molar-refractivity contribution in [1.29, 1.82) is 0 Å². The number of quaternary nitrogens is 1. The lowest BCUT2D eigenvalue weighted by Gasteiger charge is -2.31. The molecule has 2 unspecified atom stereocenters. The Bertz CT molecular complexity index is 1180. The van der Waals surface area contributed by atoms with Gasteiger partial charge >= 0.3 is 17.9 Å². The van der Waals surface area contributed by atoms with Crippen molar-refractivity contribution >= 4 is 17.9 Å². The minimum absolute atomic E-state index is 0.0434. The van der Waals surface area contributed by atoms with Gasteiger partial charge in [0, 0.05) is 19.3 Å². The molecule has 0 aliphatic rings. The van der Waals surface area contributed by atoms with Crippen molar-refractivity contribution in [3.63, 3.8) is 0 Å². The van der Waals surface area contributed by atoms with Crippen molar-refractivity contribution in [2.24, 2.45) is 0 Å². The molecule has 8 heteroatoms. The fourth-order valence-corrected chi connectivity index (χ4v) is 7.05. The standard InChI is InChI=1S/C53H93NO7/c1-6-8-10-12-14-16-18-20-22-24-25-26-27-28-30-32-34-36-38-40-42-44-52(56)61-49(47-59-46-45-50(53(57)58)54(3,4)5)48-60-51(55)43-41-39-37-35-33-31-29-23-21-19-17-15-13-11-9-7-2/h14,16,20,22,25-26,28,30,34,36,49-50H,6-13,15,17-19,21,23-24,27,29,31-33,35,37-48H2,1-5H3/p+1/b16-14+,22-20+,26-25+,30-28+,36-34+. The van der Waals surface area contributed by atoms with Gasteiger partial charge in [0.1, 0.15) is 6.61 Å². The van der Waals surface area contributed by atoms with Gasteiger partial charge < -0.3 is 23.8 Å². The van der Waals surface area contributed by atoms with Crippen LogP contribution in [0.5, 0.6) is 0 Å². The quantitative estimate of drug-likeness (QED) is 0.0282. The molecule has 352 valence electrons. The average molecular weight is 857 g/mol. The Morgan fingerprint density at radius 2 is 0.869 bits per heavy atom. The number of carbonyl (C=O) groups excluding carboxylic acids is 2. The number of nitrogens with zero attached hydrogens (tertiary/aromatic N) is 1. The molecule has 0 aromatic heterocycles. The minimum atomic E-state index is -0.882. The van der Waals surface area contributed by atoms with Crippen LogP contribution in [0.3, 0.4) is 0 Å².